The van der Waals surface area contributed by atoms with Gasteiger partial charge < -0.3 is 20.9 Å². The van der Waals surface area contributed by atoms with Crippen molar-refractivity contribution < 1.29 is 14.3 Å². The van der Waals surface area contributed by atoms with Gasteiger partial charge in [-0.15, -0.1) is 0 Å². The van der Waals surface area contributed by atoms with Gasteiger partial charge in [-0.3, -0.25) is 4.79 Å². The van der Waals surface area contributed by atoms with Crippen LogP contribution in [0.5, 0.6) is 17.2 Å². The molecule has 20 heavy (non-hydrogen) atoms. The van der Waals surface area contributed by atoms with Crippen LogP contribution >= 0.6 is 0 Å². The van der Waals surface area contributed by atoms with Crippen molar-refractivity contribution in [3.05, 3.63) is 47.5 Å². The molecule has 2 aromatic rings. The molecule has 0 unspecified atom stereocenters. The van der Waals surface area contributed by atoms with Gasteiger partial charge in [0.15, 0.2) is 17.2 Å². The molecular weight excluding hydrogens is 256 g/mol. The van der Waals surface area contributed by atoms with E-state index in [9.17, 15) is 4.79 Å². The fourth-order valence-electron chi connectivity index (χ4n) is 1.83. The van der Waals surface area contributed by atoms with Crippen molar-refractivity contribution in [1.82, 2.24) is 0 Å². The average molecular weight is 272 g/mol. The third-order valence-electron chi connectivity index (χ3n) is 2.87. The Morgan fingerprint density at radius 1 is 1.10 bits per heavy atom. The number of nitrogens with two attached hydrogens (primary N) is 2. The summed E-state index contributed by atoms with van der Waals surface area (Å²) in [5, 5.41) is 0. The monoisotopic (exact) mass is 272 g/mol. The summed E-state index contributed by atoms with van der Waals surface area (Å²) in [6, 6.07) is 10.4. The van der Waals surface area contributed by atoms with Crippen molar-refractivity contribution in [3.8, 4) is 17.2 Å². The van der Waals surface area contributed by atoms with Crippen LogP contribution in [0.4, 0.5) is 5.69 Å². The standard InChI is InChI=1S/C15H16N2O3/c1-9-6-7-11(13(8-9)19-2)20-12-5-3-4-10(14(12)16)15(17)18/h3-8H,16H2,1-2H3,(H2,17,18). The molecule has 2 rings (SSSR count). The first-order chi connectivity index (χ1) is 9.52. The van der Waals surface area contributed by atoms with Crippen LogP contribution in [0, 0.1) is 6.92 Å². The lowest BCUT2D eigenvalue weighted by Crippen LogP contribution is -2.13. The van der Waals surface area contributed by atoms with Crippen molar-refractivity contribution in [2.45, 2.75) is 6.92 Å². The number of benzene rings is 2. The van der Waals surface area contributed by atoms with E-state index in [1.165, 1.54) is 0 Å². The second-order valence-electron chi connectivity index (χ2n) is 4.34. The van der Waals surface area contributed by atoms with Crippen LogP contribution in [0.3, 0.4) is 0 Å². The zero-order valence-electron chi connectivity index (χ0n) is 11.3. The number of aryl methyl sites for hydroxylation is 1. The minimum absolute atomic E-state index is 0.211. The molecule has 0 radical (unpaired) electrons. The topological polar surface area (TPSA) is 87.6 Å². The summed E-state index contributed by atoms with van der Waals surface area (Å²) in [6.07, 6.45) is 0. The number of carbonyl (C=O) groups excluding carboxylic acids is 1. The highest BCUT2D eigenvalue weighted by atomic mass is 16.5. The van der Waals surface area contributed by atoms with E-state index in [2.05, 4.69) is 0 Å². The van der Waals surface area contributed by atoms with Gasteiger partial charge >= 0.3 is 0 Å². The highest BCUT2D eigenvalue weighted by Gasteiger charge is 2.13. The van der Waals surface area contributed by atoms with Crippen LogP contribution < -0.4 is 20.9 Å². The number of primary amides is 1. The summed E-state index contributed by atoms with van der Waals surface area (Å²) >= 11 is 0. The molecule has 0 saturated heterocycles. The van der Waals surface area contributed by atoms with Gasteiger partial charge in [0.2, 0.25) is 0 Å². The van der Waals surface area contributed by atoms with Crippen molar-refractivity contribution in [2.24, 2.45) is 5.73 Å². The van der Waals surface area contributed by atoms with Crippen molar-refractivity contribution in [1.29, 1.82) is 0 Å². The summed E-state index contributed by atoms with van der Waals surface area (Å²) in [6.45, 7) is 1.95. The van der Waals surface area contributed by atoms with E-state index in [1.54, 1.807) is 31.4 Å². The summed E-state index contributed by atoms with van der Waals surface area (Å²) in [7, 11) is 1.56. The zero-order valence-corrected chi connectivity index (χ0v) is 11.3. The maximum atomic E-state index is 11.3. The molecule has 0 aliphatic rings. The lowest BCUT2D eigenvalue weighted by molar-refractivity contribution is 0.100. The van der Waals surface area contributed by atoms with E-state index in [-0.39, 0.29) is 11.3 Å². The van der Waals surface area contributed by atoms with Crippen molar-refractivity contribution >= 4 is 11.6 Å². The Morgan fingerprint density at radius 3 is 2.50 bits per heavy atom. The van der Waals surface area contributed by atoms with Crippen LogP contribution in [0.1, 0.15) is 15.9 Å². The quantitative estimate of drug-likeness (QED) is 0.837. The molecule has 0 saturated carbocycles. The Morgan fingerprint density at radius 2 is 1.85 bits per heavy atom. The lowest BCUT2D eigenvalue weighted by Gasteiger charge is -2.13. The molecule has 104 valence electrons. The minimum atomic E-state index is -0.594. The van der Waals surface area contributed by atoms with Crippen molar-refractivity contribution in [2.75, 3.05) is 12.8 Å². The van der Waals surface area contributed by atoms with Crippen LogP contribution in [0.15, 0.2) is 36.4 Å². The maximum absolute atomic E-state index is 11.3. The van der Waals surface area contributed by atoms with Gasteiger partial charge in [-0.2, -0.15) is 0 Å². The molecule has 5 nitrogen and oxygen atoms in total. The molecule has 0 aliphatic carbocycles. The number of anilines is 1. The SMILES string of the molecule is COc1cc(C)ccc1Oc1cccc(C(N)=O)c1N. The highest BCUT2D eigenvalue weighted by Crippen LogP contribution is 2.35. The second-order valence-corrected chi connectivity index (χ2v) is 4.34. The van der Waals surface area contributed by atoms with E-state index in [0.29, 0.717) is 17.2 Å². The van der Waals surface area contributed by atoms with Crippen molar-refractivity contribution in [3.63, 3.8) is 0 Å². The largest absolute Gasteiger partial charge is 0.493 e. The highest BCUT2D eigenvalue weighted by molar-refractivity contribution is 5.99. The molecule has 0 aromatic heterocycles. The van der Waals surface area contributed by atoms with Crippen LogP contribution in [-0.4, -0.2) is 13.0 Å². The molecule has 0 bridgehead atoms. The van der Waals surface area contributed by atoms with E-state index in [1.807, 2.05) is 19.1 Å². The van der Waals surface area contributed by atoms with Gasteiger partial charge in [0.1, 0.15) is 0 Å². The number of nitrogen functional groups attached to an aromatic ring is 1. The Hall–Kier alpha value is -2.69. The van der Waals surface area contributed by atoms with Crippen LogP contribution in [0.25, 0.3) is 0 Å². The smallest absolute Gasteiger partial charge is 0.250 e. The molecule has 1 amide bonds. The van der Waals surface area contributed by atoms with Gasteiger partial charge in [0.05, 0.1) is 18.4 Å². The first-order valence-electron chi connectivity index (χ1n) is 6.03. The van der Waals surface area contributed by atoms with Crippen LogP contribution in [-0.2, 0) is 0 Å². The van der Waals surface area contributed by atoms with E-state index in [0.717, 1.165) is 5.56 Å². The Labute approximate surface area is 117 Å². The molecule has 5 heteroatoms. The minimum Gasteiger partial charge on any atom is -0.493 e. The van der Waals surface area contributed by atoms with E-state index < -0.39 is 5.91 Å². The number of hydrogen-bond acceptors (Lipinski definition) is 4. The van der Waals surface area contributed by atoms with Crippen LogP contribution in [0.2, 0.25) is 0 Å². The molecule has 0 heterocycles. The van der Waals surface area contributed by atoms with Gasteiger partial charge in [-0.05, 0) is 36.8 Å². The Kier molecular flexibility index (Phi) is 3.79. The number of carbonyl (C=O) groups is 1. The maximum Gasteiger partial charge on any atom is 0.250 e. The second kappa shape index (κ2) is 5.52. The predicted octanol–water partition coefficient (Wildman–Crippen LogP) is 2.48. The first-order valence-corrected chi connectivity index (χ1v) is 6.03. The summed E-state index contributed by atoms with van der Waals surface area (Å²) in [4.78, 5) is 11.3. The third-order valence-corrected chi connectivity index (χ3v) is 2.87. The van der Waals surface area contributed by atoms with Gasteiger partial charge in [0, 0.05) is 0 Å². The Balaban J connectivity index is 2.40. The summed E-state index contributed by atoms with van der Waals surface area (Å²) < 4.78 is 11.0. The molecular formula is C15H16N2O3. The van der Waals surface area contributed by atoms with Gasteiger partial charge in [0.25, 0.3) is 5.91 Å². The van der Waals surface area contributed by atoms with E-state index >= 15 is 0 Å². The molecule has 0 aliphatic heterocycles. The number of para-hydroxylation sites is 1. The Bertz CT molecular complexity index is 654. The molecule has 2 aromatic carbocycles. The number of hydrogen-bond donors (Lipinski definition) is 2. The summed E-state index contributed by atoms with van der Waals surface area (Å²) in [5.74, 6) is 0.882. The number of rotatable bonds is 4. The number of amides is 1. The number of ether oxygens (including phenoxy) is 2. The fourth-order valence-corrected chi connectivity index (χ4v) is 1.83. The summed E-state index contributed by atoms with van der Waals surface area (Å²) in [5.41, 5.74) is 12.6. The molecule has 0 spiro atoms. The normalized spacial score (nSPS) is 10.1. The fraction of sp³-hybridized carbons (Fsp3) is 0.133. The first kappa shape index (κ1) is 13.7. The van der Waals surface area contributed by atoms with Gasteiger partial charge in [-0.1, -0.05) is 12.1 Å². The molecule has 4 N–H and O–H groups in total. The molecule has 0 fully saturated rings. The van der Waals surface area contributed by atoms with Gasteiger partial charge in [-0.25, -0.2) is 0 Å². The third kappa shape index (κ3) is 2.66. The lowest BCUT2D eigenvalue weighted by atomic mass is 10.1. The zero-order chi connectivity index (χ0) is 14.7. The number of methoxy groups -OCH3 is 1. The average Bonchev–Trinajstić information content (AvgIpc) is 2.42. The predicted molar refractivity (Wildman–Crippen MR) is 77.2 cm³/mol. The van der Waals surface area contributed by atoms with E-state index in [4.69, 9.17) is 20.9 Å². The molecule has 0 atom stereocenters.